The standard InChI is InChI=1S/C9H15N5/c1-9(3-2-4-9)14-7-5-6(10)12-8(11)13-7/h5H,2-4H2,1H3,(H5,10,11,12,13,14). The molecule has 1 aliphatic carbocycles. The van der Waals surface area contributed by atoms with Gasteiger partial charge in [0.2, 0.25) is 5.95 Å². The largest absolute Gasteiger partial charge is 0.383 e. The molecule has 1 aromatic rings. The van der Waals surface area contributed by atoms with Gasteiger partial charge in [0.15, 0.2) is 0 Å². The summed E-state index contributed by atoms with van der Waals surface area (Å²) in [6, 6.07) is 1.71. The highest BCUT2D eigenvalue weighted by molar-refractivity contribution is 5.50. The summed E-state index contributed by atoms with van der Waals surface area (Å²) in [4.78, 5) is 7.89. The molecule has 0 saturated heterocycles. The SMILES string of the molecule is CC1(Nc2cc(N)nc(N)n2)CCC1. The highest BCUT2D eigenvalue weighted by Crippen LogP contribution is 2.34. The fourth-order valence-corrected chi connectivity index (χ4v) is 1.69. The summed E-state index contributed by atoms with van der Waals surface area (Å²) in [7, 11) is 0. The molecular formula is C9H15N5. The third kappa shape index (κ3) is 1.71. The molecule has 0 bridgehead atoms. The molecular weight excluding hydrogens is 178 g/mol. The lowest BCUT2D eigenvalue weighted by molar-refractivity contribution is 0.306. The van der Waals surface area contributed by atoms with Gasteiger partial charge in [0.1, 0.15) is 11.6 Å². The number of nitrogens with zero attached hydrogens (tertiary/aromatic N) is 2. The van der Waals surface area contributed by atoms with Gasteiger partial charge in [-0.1, -0.05) is 0 Å². The van der Waals surface area contributed by atoms with Crippen molar-refractivity contribution in [2.45, 2.75) is 31.7 Å². The van der Waals surface area contributed by atoms with Crippen LogP contribution in [0.1, 0.15) is 26.2 Å². The Kier molecular flexibility index (Phi) is 1.94. The van der Waals surface area contributed by atoms with Crippen molar-refractivity contribution in [3.8, 4) is 0 Å². The van der Waals surface area contributed by atoms with E-state index in [1.54, 1.807) is 6.07 Å². The fourth-order valence-electron chi connectivity index (χ4n) is 1.69. The van der Waals surface area contributed by atoms with E-state index in [4.69, 9.17) is 11.5 Å². The average molecular weight is 193 g/mol. The van der Waals surface area contributed by atoms with Crippen molar-refractivity contribution < 1.29 is 0 Å². The zero-order valence-corrected chi connectivity index (χ0v) is 8.25. The predicted octanol–water partition coefficient (Wildman–Crippen LogP) is 0.995. The maximum atomic E-state index is 5.57. The Morgan fingerprint density at radius 1 is 1.36 bits per heavy atom. The molecule has 0 spiro atoms. The van der Waals surface area contributed by atoms with Crippen molar-refractivity contribution in [3.05, 3.63) is 6.07 Å². The minimum Gasteiger partial charge on any atom is -0.383 e. The smallest absolute Gasteiger partial charge is 0.223 e. The van der Waals surface area contributed by atoms with Crippen molar-refractivity contribution in [3.63, 3.8) is 0 Å². The van der Waals surface area contributed by atoms with Crippen LogP contribution in [0.2, 0.25) is 0 Å². The topological polar surface area (TPSA) is 89.8 Å². The number of nitrogens with one attached hydrogen (secondary N) is 1. The second kappa shape index (κ2) is 3.01. The summed E-state index contributed by atoms with van der Waals surface area (Å²) in [5.74, 6) is 1.34. The van der Waals surface area contributed by atoms with E-state index >= 15 is 0 Å². The maximum Gasteiger partial charge on any atom is 0.223 e. The Balaban J connectivity index is 2.16. The van der Waals surface area contributed by atoms with Crippen LogP contribution in [-0.2, 0) is 0 Å². The Morgan fingerprint density at radius 3 is 2.57 bits per heavy atom. The van der Waals surface area contributed by atoms with Gasteiger partial charge in [0.05, 0.1) is 0 Å². The van der Waals surface area contributed by atoms with E-state index in [0.717, 1.165) is 18.7 Å². The molecule has 1 heterocycles. The Bertz CT molecular complexity index is 325. The molecule has 1 saturated carbocycles. The van der Waals surface area contributed by atoms with Crippen molar-refractivity contribution in [2.75, 3.05) is 16.8 Å². The zero-order chi connectivity index (χ0) is 10.2. The van der Waals surface area contributed by atoms with Crippen LogP contribution < -0.4 is 16.8 Å². The average Bonchev–Trinajstić information content (AvgIpc) is 1.99. The fraction of sp³-hybridized carbons (Fsp3) is 0.556. The number of nitrogen functional groups attached to an aromatic ring is 2. The van der Waals surface area contributed by atoms with Gasteiger partial charge in [-0.15, -0.1) is 0 Å². The number of hydrogen-bond acceptors (Lipinski definition) is 5. The Morgan fingerprint density at radius 2 is 2.07 bits per heavy atom. The number of anilines is 3. The number of rotatable bonds is 2. The molecule has 2 rings (SSSR count). The van der Waals surface area contributed by atoms with E-state index < -0.39 is 0 Å². The first-order valence-electron chi connectivity index (χ1n) is 4.76. The van der Waals surface area contributed by atoms with E-state index in [1.807, 2.05) is 0 Å². The molecule has 1 aliphatic rings. The lowest BCUT2D eigenvalue weighted by Gasteiger charge is -2.39. The lowest BCUT2D eigenvalue weighted by Crippen LogP contribution is -2.41. The van der Waals surface area contributed by atoms with Gasteiger partial charge in [0, 0.05) is 11.6 Å². The zero-order valence-electron chi connectivity index (χ0n) is 8.25. The quantitative estimate of drug-likeness (QED) is 0.651. The molecule has 0 amide bonds. The van der Waals surface area contributed by atoms with Gasteiger partial charge in [-0.25, -0.2) is 0 Å². The van der Waals surface area contributed by atoms with E-state index in [1.165, 1.54) is 6.42 Å². The van der Waals surface area contributed by atoms with Crippen LogP contribution in [0, 0.1) is 0 Å². The van der Waals surface area contributed by atoms with Crippen molar-refractivity contribution >= 4 is 17.6 Å². The summed E-state index contributed by atoms with van der Waals surface area (Å²) < 4.78 is 0. The van der Waals surface area contributed by atoms with Crippen molar-refractivity contribution in [2.24, 2.45) is 0 Å². The van der Waals surface area contributed by atoms with Gasteiger partial charge in [0.25, 0.3) is 0 Å². The summed E-state index contributed by atoms with van der Waals surface area (Å²) in [6.07, 6.45) is 3.59. The maximum absolute atomic E-state index is 5.57. The predicted molar refractivity (Wildman–Crippen MR) is 56.7 cm³/mol. The normalized spacial score (nSPS) is 18.6. The minimum absolute atomic E-state index is 0.160. The number of aromatic nitrogens is 2. The highest BCUT2D eigenvalue weighted by Gasteiger charge is 2.31. The van der Waals surface area contributed by atoms with E-state index in [0.29, 0.717) is 5.82 Å². The molecule has 76 valence electrons. The van der Waals surface area contributed by atoms with Crippen molar-refractivity contribution in [1.29, 1.82) is 0 Å². The first kappa shape index (κ1) is 9.05. The Hall–Kier alpha value is -1.52. The van der Waals surface area contributed by atoms with E-state index in [9.17, 15) is 0 Å². The van der Waals surface area contributed by atoms with E-state index in [-0.39, 0.29) is 11.5 Å². The van der Waals surface area contributed by atoms with Gasteiger partial charge in [-0.3, -0.25) is 0 Å². The van der Waals surface area contributed by atoms with Crippen LogP contribution in [0.15, 0.2) is 6.07 Å². The molecule has 1 fully saturated rings. The molecule has 1 aromatic heterocycles. The molecule has 0 aliphatic heterocycles. The van der Waals surface area contributed by atoms with Crippen molar-refractivity contribution in [1.82, 2.24) is 9.97 Å². The molecule has 0 radical (unpaired) electrons. The molecule has 5 N–H and O–H groups in total. The van der Waals surface area contributed by atoms with Crippen LogP contribution >= 0.6 is 0 Å². The van der Waals surface area contributed by atoms with Crippen LogP contribution in [0.4, 0.5) is 17.6 Å². The van der Waals surface area contributed by atoms with Gasteiger partial charge in [-0.05, 0) is 26.2 Å². The molecule has 0 unspecified atom stereocenters. The molecule has 0 atom stereocenters. The molecule has 5 heteroatoms. The van der Waals surface area contributed by atoms with Gasteiger partial charge < -0.3 is 16.8 Å². The summed E-state index contributed by atoms with van der Waals surface area (Å²) in [6.45, 7) is 2.17. The monoisotopic (exact) mass is 193 g/mol. The first-order valence-corrected chi connectivity index (χ1v) is 4.76. The van der Waals surface area contributed by atoms with Crippen LogP contribution in [-0.4, -0.2) is 15.5 Å². The third-order valence-electron chi connectivity index (χ3n) is 2.65. The Labute approximate surface area is 82.9 Å². The van der Waals surface area contributed by atoms with E-state index in [2.05, 4.69) is 22.2 Å². The first-order chi connectivity index (χ1) is 6.57. The second-order valence-corrected chi connectivity index (χ2v) is 4.08. The van der Waals surface area contributed by atoms with Crippen LogP contribution in [0.25, 0.3) is 0 Å². The lowest BCUT2D eigenvalue weighted by atomic mass is 9.78. The molecule has 14 heavy (non-hydrogen) atoms. The van der Waals surface area contributed by atoms with Gasteiger partial charge in [-0.2, -0.15) is 9.97 Å². The van der Waals surface area contributed by atoms with Crippen LogP contribution in [0.5, 0.6) is 0 Å². The molecule has 5 nitrogen and oxygen atoms in total. The molecule has 0 aromatic carbocycles. The summed E-state index contributed by atoms with van der Waals surface area (Å²) >= 11 is 0. The highest BCUT2D eigenvalue weighted by atomic mass is 15.1. The van der Waals surface area contributed by atoms with Crippen LogP contribution in [0.3, 0.4) is 0 Å². The third-order valence-corrected chi connectivity index (χ3v) is 2.65. The minimum atomic E-state index is 0.160. The summed E-state index contributed by atoms with van der Waals surface area (Å²) in [5.41, 5.74) is 11.2. The number of hydrogen-bond donors (Lipinski definition) is 3. The second-order valence-electron chi connectivity index (χ2n) is 4.08. The van der Waals surface area contributed by atoms with Gasteiger partial charge >= 0.3 is 0 Å². The summed E-state index contributed by atoms with van der Waals surface area (Å²) in [5, 5.41) is 3.33. The number of nitrogens with two attached hydrogens (primary N) is 2.